The molecule has 0 spiro atoms. The molecule has 4 aromatic rings. The monoisotopic (exact) mass is 474 g/mol. The number of carbonyl (C=O) groups is 1. The highest BCUT2D eigenvalue weighted by molar-refractivity contribution is 8.24. The van der Waals surface area contributed by atoms with Crippen LogP contribution in [0, 0.1) is 6.92 Å². The Morgan fingerprint density at radius 1 is 1.09 bits per heavy atom. The molecular formula is C26H26N4O3S. The summed E-state index contributed by atoms with van der Waals surface area (Å²) in [7, 11) is -2.88. The number of fused-ring (bicyclic) bond motifs is 2. The predicted octanol–water partition coefficient (Wildman–Crippen LogP) is 5.25. The molecule has 0 radical (unpaired) electrons. The zero-order chi connectivity index (χ0) is 23.7. The van der Waals surface area contributed by atoms with Gasteiger partial charge >= 0.3 is 0 Å². The maximum Gasteiger partial charge on any atom is 0.230 e. The summed E-state index contributed by atoms with van der Waals surface area (Å²) in [5.41, 5.74) is 4.07. The second kappa shape index (κ2) is 9.06. The lowest BCUT2D eigenvalue weighted by Crippen LogP contribution is -2.26. The van der Waals surface area contributed by atoms with Crippen molar-refractivity contribution in [3.63, 3.8) is 0 Å². The Labute approximate surface area is 199 Å². The first-order valence-corrected chi connectivity index (χ1v) is 12.8. The molecule has 2 aromatic carbocycles. The van der Waals surface area contributed by atoms with Crippen molar-refractivity contribution in [2.24, 2.45) is 0 Å². The van der Waals surface area contributed by atoms with Crippen molar-refractivity contribution >= 4 is 38.9 Å². The van der Waals surface area contributed by atoms with Gasteiger partial charge in [-0.2, -0.15) is 10.6 Å². The second-order valence-corrected chi connectivity index (χ2v) is 10.7. The highest BCUT2D eigenvalue weighted by atomic mass is 32.3. The van der Waals surface area contributed by atoms with Gasteiger partial charge in [0.15, 0.2) is 0 Å². The lowest BCUT2D eigenvalue weighted by molar-refractivity contribution is -0.115. The third kappa shape index (κ3) is 4.61. The van der Waals surface area contributed by atoms with Gasteiger partial charge in [-0.3, -0.25) is 18.9 Å². The van der Waals surface area contributed by atoms with E-state index >= 15 is 0 Å². The molecule has 1 amide bonds. The second-order valence-electron chi connectivity index (χ2n) is 8.49. The Bertz CT molecular complexity index is 1360. The van der Waals surface area contributed by atoms with Crippen molar-refractivity contribution in [2.75, 3.05) is 22.5 Å². The number of carbonyl (C=O) groups excluding carboxylic acids is 1. The third-order valence-electron chi connectivity index (χ3n) is 5.95. The fraction of sp³-hybridized carbons (Fsp3) is 0.192. The topological polar surface area (TPSA) is 98.6 Å². The number of rotatable bonds is 4. The SMILES string of the molecule is Cc1ccc2nc(N3CCS(O)(O)c4ccccc4C3)cc(NC(=O)Cc3ccccn3)c2c1. The van der Waals surface area contributed by atoms with Gasteiger partial charge in [0.25, 0.3) is 0 Å². The minimum atomic E-state index is -2.88. The zero-order valence-corrected chi connectivity index (χ0v) is 19.6. The number of aromatic nitrogens is 2. The van der Waals surface area contributed by atoms with Crippen LogP contribution in [0.5, 0.6) is 0 Å². The van der Waals surface area contributed by atoms with Crippen molar-refractivity contribution < 1.29 is 13.9 Å². The van der Waals surface area contributed by atoms with Crippen LogP contribution in [0.3, 0.4) is 0 Å². The van der Waals surface area contributed by atoms with Crippen LogP contribution in [0.2, 0.25) is 0 Å². The van der Waals surface area contributed by atoms with Gasteiger partial charge in [-0.05, 0) is 42.8 Å². The summed E-state index contributed by atoms with van der Waals surface area (Å²) >= 11 is 0. The number of hydrogen-bond donors (Lipinski definition) is 3. The number of benzene rings is 2. The number of hydrogen-bond acceptors (Lipinski definition) is 6. The Kier molecular flexibility index (Phi) is 5.95. The maximum absolute atomic E-state index is 12.9. The van der Waals surface area contributed by atoms with E-state index in [2.05, 4.69) is 10.3 Å². The van der Waals surface area contributed by atoms with E-state index in [1.165, 1.54) is 0 Å². The van der Waals surface area contributed by atoms with Crippen molar-refractivity contribution in [2.45, 2.75) is 24.8 Å². The van der Waals surface area contributed by atoms with Crippen LogP contribution in [-0.4, -0.2) is 37.3 Å². The van der Waals surface area contributed by atoms with Gasteiger partial charge in [0.05, 0.1) is 28.3 Å². The lowest BCUT2D eigenvalue weighted by Gasteiger charge is -2.32. The van der Waals surface area contributed by atoms with Gasteiger partial charge < -0.3 is 10.2 Å². The minimum absolute atomic E-state index is 0.158. The number of nitrogens with zero attached hydrogens (tertiary/aromatic N) is 3. The first-order valence-electron chi connectivity index (χ1n) is 11.1. The fourth-order valence-corrected chi connectivity index (χ4v) is 5.78. The molecule has 3 N–H and O–H groups in total. The molecular weight excluding hydrogens is 448 g/mol. The average molecular weight is 475 g/mol. The smallest absolute Gasteiger partial charge is 0.230 e. The molecule has 0 fully saturated rings. The molecule has 0 bridgehead atoms. The van der Waals surface area contributed by atoms with Gasteiger partial charge in [0.1, 0.15) is 5.82 Å². The van der Waals surface area contributed by atoms with E-state index in [-0.39, 0.29) is 18.1 Å². The fourth-order valence-electron chi connectivity index (χ4n) is 4.23. The van der Waals surface area contributed by atoms with Crippen LogP contribution < -0.4 is 10.2 Å². The van der Waals surface area contributed by atoms with E-state index in [4.69, 9.17) is 4.98 Å². The summed E-state index contributed by atoms with van der Waals surface area (Å²) in [6.45, 7) is 2.93. The summed E-state index contributed by atoms with van der Waals surface area (Å²) in [5.74, 6) is 0.740. The number of aryl methyl sites for hydroxylation is 1. The average Bonchev–Trinajstić information content (AvgIpc) is 2.96. The molecule has 34 heavy (non-hydrogen) atoms. The molecule has 3 heterocycles. The number of anilines is 2. The van der Waals surface area contributed by atoms with E-state index in [1.807, 2.05) is 72.5 Å². The molecule has 0 aliphatic carbocycles. The number of pyridine rings is 2. The predicted molar refractivity (Wildman–Crippen MR) is 137 cm³/mol. The van der Waals surface area contributed by atoms with Crippen LogP contribution in [-0.2, 0) is 17.8 Å². The number of nitrogens with one attached hydrogen (secondary N) is 1. The number of amides is 1. The standard InChI is InChI=1S/C26H26N4O3S/c1-18-9-10-22-21(14-18)23(29-26(31)15-20-7-4-5-11-27-20)16-25(28-22)30-12-13-34(32,33)24-8-3-2-6-19(24)17-30/h2-11,14,16,32-33H,12-13,15,17H2,1H3,(H,28,29,31). The van der Waals surface area contributed by atoms with Gasteiger partial charge in [-0.15, -0.1) is 0 Å². The van der Waals surface area contributed by atoms with E-state index in [9.17, 15) is 13.9 Å². The summed E-state index contributed by atoms with van der Waals surface area (Å²) in [6, 6.07) is 20.8. The summed E-state index contributed by atoms with van der Waals surface area (Å²) < 4.78 is 21.4. The Morgan fingerprint density at radius 2 is 1.91 bits per heavy atom. The van der Waals surface area contributed by atoms with Crippen LogP contribution >= 0.6 is 10.6 Å². The molecule has 5 rings (SSSR count). The molecule has 0 atom stereocenters. The van der Waals surface area contributed by atoms with Crippen LogP contribution in [0.15, 0.2) is 77.8 Å². The highest BCUT2D eigenvalue weighted by Gasteiger charge is 2.26. The van der Waals surface area contributed by atoms with Gasteiger partial charge in [0, 0.05) is 36.4 Å². The van der Waals surface area contributed by atoms with Crippen LogP contribution in [0.4, 0.5) is 11.5 Å². The summed E-state index contributed by atoms with van der Waals surface area (Å²) in [5, 5.41) is 3.91. The highest BCUT2D eigenvalue weighted by Crippen LogP contribution is 2.51. The van der Waals surface area contributed by atoms with Gasteiger partial charge in [0.2, 0.25) is 5.91 Å². The van der Waals surface area contributed by atoms with Crippen molar-refractivity contribution in [1.29, 1.82) is 0 Å². The van der Waals surface area contributed by atoms with E-state index in [0.29, 0.717) is 35.2 Å². The van der Waals surface area contributed by atoms with E-state index in [1.54, 1.807) is 12.3 Å². The van der Waals surface area contributed by atoms with Gasteiger partial charge in [-0.25, -0.2) is 4.98 Å². The molecule has 0 saturated carbocycles. The zero-order valence-electron chi connectivity index (χ0n) is 18.8. The Balaban J connectivity index is 1.51. The van der Waals surface area contributed by atoms with Crippen molar-refractivity contribution in [3.8, 4) is 0 Å². The van der Waals surface area contributed by atoms with Gasteiger partial charge in [-0.1, -0.05) is 35.9 Å². The van der Waals surface area contributed by atoms with Crippen molar-refractivity contribution in [1.82, 2.24) is 9.97 Å². The quantitative estimate of drug-likeness (QED) is 0.374. The third-order valence-corrected chi connectivity index (χ3v) is 7.80. The molecule has 8 heteroatoms. The molecule has 7 nitrogen and oxygen atoms in total. The Hall–Kier alpha value is -3.46. The first kappa shape index (κ1) is 22.3. The minimum Gasteiger partial charge on any atom is -0.351 e. The molecule has 1 aliphatic rings. The normalized spacial score (nSPS) is 15.9. The summed E-state index contributed by atoms with van der Waals surface area (Å²) in [4.78, 5) is 24.6. The van der Waals surface area contributed by atoms with E-state index < -0.39 is 10.6 Å². The van der Waals surface area contributed by atoms with Crippen LogP contribution in [0.1, 0.15) is 16.8 Å². The van der Waals surface area contributed by atoms with Crippen LogP contribution in [0.25, 0.3) is 10.9 Å². The van der Waals surface area contributed by atoms with E-state index in [0.717, 1.165) is 22.0 Å². The Morgan fingerprint density at radius 3 is 2.74 bits per heavy atom. The first-order chi connectivity index (χ1) is 16.4. The molecule has 0 unspecified atom stereocenters. The lowest BCUT2D eigenvalue weighted by atomic mass is 10.1. The molecule has 2 aromatic heterocycles. The maximum atomic E-state index is 12.9. The molecule has 0 saturated heterocycles. The largest absolute Gasteiger partial charge is 0.351 e. The van der Waals surface area contributed by atoms with Crippen molar-refractivity contribution in [3.05, 3.63) is 89.7 Å². The molecule has 174 valence electrons. The summed E-state index contributed by atoms with van der Waals surface area (Å²) in [6.07, 6.45) is 1.84. The molecule has 1 aliphatic heterocycles.